The van der Waals surface area contributed by atoms with Crippen LogP contribution in [0.15, 0.2) is 18.2 Å². The van der Waals surface area contributed by atoms with Crippen molar-refractivity contribution < 1.29 is 9.47 Å². The number of hydrogen-bond donors (Lipinski definition) is 1. The van der Waals surface area contributed by atoms with Crippen molar-refractivity contribution in [2.24, 2.45) is 0 Å². The van der Waals surface area contributed by atoms with E-state index in [4.69, 9.17) is 9.47 Å². The van der Waals surface area contributed by atoms with Gasteiger partial charge in [-0.2, -0.15) is 0 Å². The third kappa shape index (κ3) is 2.59. The van der Waals surface area contributed by atoms with E-state index in [0.717, 1.165) is 37.7 Å². The molecule has 0 saturated carbocycles. The van der Waals surface area contributed by atoms with Gasteiger partial charge in [-0.25, -0.2) is 0 Å². The predicted molar refractivity (Wildman–Crippen MR) is 74.5 cm³/mol. The second kappa shape index (κ2) is 5.41. The van der Waals surface area contributed by atoms with Crippen molar-refractivity contribution in [3.8, 4) is 11.5 Å². The number of ether oxygens (including phenoxy) is 2. The molecule has 2 aliphatic rings. The zero-order valence-electron chi connectivity index (χ0n) is 10.6. The molecule has 18 heavy (non-hydrogen) atoms. The van der Waals surface area contributed by atoms with E-state index in [9.17, 15) is 0 Å². The maximum Gasteiger partial charge on any atom is 0.161 e. The van der Waals surface area contributed by atoms with Crippen LogP contribution in [0.4, 0.5) is 0 Å². The average molecular weight is 265 g/mol. The summed E-state index contributed by atoms with van der Waals surface area (Å²) in [6, 6.07) is 6.32. The number of hydrogen-bond acceptors (Lipinski definition) is 4. The molecule has 1 aromatic rings. The Bertz CT molecular complexity index is 424. The maximum absolute atomic E-state index is 5.74. The minimum absolute atomic E-state index is 0.380. The van der Waals surface area contributed by atoms with Crippen molar-refractivity contribution in [3.63, 3.8) is 0 Å². The normalized spacial score (nSPS) is 27.6. The summed E-state index contributed by atoms with van der Waals surface area (Å²) in [6.45, 7) is 4.88. The molecule has 1 N–H and O–H groups in total. The Morgan fingerprint density at radius 3 is 2.89 bits per heavy atom. The first kappa shape index (κ1) is 12.2. The van der Waals surface area contributed by atoms with Gasteiger partial charge in [0.1, 0.15) is 0 Å². The average Bonchev–Trinajstić information content (AvgIpc) is 2.63. The summed E-state index contributed by atoms with van der Waals surface area (Å²) in [5, 5.41) is 4.65. The Hall–Kier alpha value is -0.870. The highest BCUT2D eigenvalue weighted by Crippen LogP contribution is 2.38. The van der Waals surface area contributed by atoms with E-state index in [-0.39, 0.29) is 0 Å². The van der Waals surface area contributed by atoms with Gasteiger partial charge in [0, 0.05) is 11.7 Å². The van der Waals surface area contributed by atoms with Gasteiger partial charge in [0.2, 0.25) is 0 Å². The molecule has 2 heterocycles. The molecular formula is C14H19NO2S. The third-order valence-corrected chi connectivity index (χ3v) is 4.73. The van der Waals surface area contributed by atoms with Crippen LogP contribution < -0.4 is 14.8 Å². The van der Waals surface area contributed by atoms with Crippen molar-refractivity contribution in [1.82, 2.24) is 5.32 Å². The van der Waals surface area contributed by atoms with Gasteiger partial charge in [-0.05, 0) is 30.7 Å². The van der Waals surface area contributed by atoms with E-state index in [1.807, 2.05) is 17.8 Å². The summed E-state index contributed by atoms with van der Waals surface area (Å²) in [7, 11) is 0. The lowest BCUT2D eigenvalue weighted by atomic mass is 10.2. The first-order chi connectivity index (χ1) is 8.83. The topological polar surface area (TPSA) is 30.5 Å². The van der Waals surface area contributed by atoms with Crippen LogP contribution in [0.25, 0.3) is 0 Å². The zero-order valence-corrected chi connectivity index (χ0v) is 11.5. The van der Waals surface area contributed by atoms with Gasteiger partial charge in [-0.1, -0.05) is 13.0 Å². The molecule has 0 amide bonds. The van der Waals surface area contributed by atoms with Gasteiger partial charge in [-0.15, -0.1) is 11.8 Å². The summed E-state index contributed by atoms with van der Waals surface area (Å²) in [5.74, 6) is 1.77. The van der Waals surface area contributed by atoms with Crippen LogP contribution in [-0.2, 0) is 0 Å². The molecule has 2 unspecified atom stereocenters. The highest BCUT2D eigenvalue weighted by Gasteiger charge is 2.22. The predicted octanol–water partition coefficient (Wildman–Crippen LogP) is 2.96. The Balaban J connectivity index is 1.82. The number of thioether (sulfide) groups is 1. The van der Waals surface area contributed by atoms with E-state index < -0.39 is 0 Å². The van der Waals surface area contributed by atoms with Crippen LogP contribution in [0.5, 0.6) is 11.5 Å². The highest BCUT2D eigenvalue weighted by atomic mass is 32.2. The summed E-state index contributed by atoms with van der Waals surface area (Å²) in [6.07, 6.45) is 2.20. The van der Waals surface area contributed by atoms with Crippen LogP contribution in [0.2, 0.25) is 0 Å². The molecular weight excluding hydrogens is 246 g/mol. The van der Waals surface area contributed by atoms with Crippen LogP contribution in [0, 0.1) is 0 Å². The van der Waals surface area contributed by atoms with E-state index >= 15 is 0 Å². The van der Waals surface area contributed by atoms with Crippen molar-refractivity contribution >= 4 is 11.8 Å². The molecule has 1 saturated heterocycles. The highest BCUT2D eigenvalue weighted by molar-refractivity contribution is 8.00. The minimum Gasteiger partial charge on any atom is -0.490 e. The number of fused-ring (bicyclic) bond motifs is 1. The lowest BCUT2D eigenvalue weighted by Gasteiger charge is -2.28. The largest absolute Gasteiger partial charge is 0.490 e. The molecule has 0 spiro atoms. The fourth-order valence-corrected chi connectivity index (χ4v) is 3.54. The van der Waals surface area contributed by atoms with Crippen LogP contribution in [0.1, 0.15) is 30.7 Å². The first-order valence-corrected chi connectivity index (χ1v) is 7.55. The van der Waals surface area contributed by atoms with Crippen molar-refractivity contribution in [2.45, 2.75) is 30.4 Å². The van der Waals surface area contributed by atoms with E-state index in [1.54, 1.807) is 0 Å². The van der Waals surface area contributed by atoms with Crippen LogP contribution in [-0.4, -0.2) is 25.0 Å². The second-order valence-electron chi connectivity index (χ2n) is 4.83. The SMILES string of the molecule is CC1CCNC(c2ccc3c(c2)OCCCO3)S1. The number of benzene rings is 1. The quantitative estimate of drug-likeness (QED) is 0.845. The molecule has 2 aliphatic heterocycles. The molecule has 4 heteroatoms. The summed E-state index contributed by atoms with van der Waals surface area (Å²) in [5.41, 5.74) is 1.29. The number of nitrogens with one attached hydrogen (secondary N) is 1. The summed E-state index contributed by atoms with van der Waals surface area (Å²) < 4.78 is 11.4. The minimum atomic E-state index is 0.380. The fourth-order valence-electron chi connectivity index (χ4n) is 2.31. The molecule has 1 aromatic carbocycles. The summed E-state index contributed by atoms with van der Waals surface area (Å²) in [4.78, 5) is 0. The van der Waals surface area contributed by atoms with E-state index in [0.29, 0.717) is 10.6 Å². The standard InChI is InChI=1S/C14H19NO2S/c1-10-5-6-15-14(18-10)11-3-4-12-13(9-11)17-8-2-7-16-12/h3-4,9-10,14-15H,2,5-8H2,1H3. The summed E-state index contributed by atoms with van der Waals surface area (Å²) >= 11 is 1.99. The lowest BCUT2D eigenvalue weighted by molar-refractivity contribution is 0.297. The second-order valence-corrected chi connectivity index (χ2v) is 6.37. The van der Waals surface area contributed by atoms with Crippen molar-refractivity contribution in [2.75, 3.05) is 19.8 Å². The molecule has 3 nitrogen and oxygen atoms in total. The molecule has 2 atom stereocenters. The molecule has 3 rings (SSSR count). The molecule has 1 fully saturated rings. The van der Waals surface area contributed by atoms with Gasteiger partial charge in [-0.3, -0.25) is 0 Å². The Morgan fingerprint density at radius 1 is 1.22 bits per heavy atom. The van der Waals surface area contributed by atoms with Gasteiger partial charge in [0.25, 0.3) is 0 Å². The van der Waals surface area contributed by atoms with Crippen LogP contribution in [0.3, 0.4) is 0 Å². The fraction of sp³-hybridized carbons (Fsp3) is 0.571. The Labute approximate surface area is 112 Å². The van der Waals surface area contributed by atoms with E-state index in [2.05, 4.69) is 24.4 Å². The van der Waals surface area contributed by atoms with Crippen molar-refractivity contribution in [3.05, 3.63) is 23.8 Å². The maximum atomic E-state index is 5.74. The van der Waals surface area contributed by atoms with E-state index in [1.165, 1.54) is 12.0 Å². The first-order valence-electron chi connectivity index (χ1n) is 6.61. The van der Waals surface area contributed by atoms with Gasteiger partial charge in [0.05, 0.1) is 18.6 Å². The van der Waals surface area contributed by atoms with Gasteiger partial charge >= 0.3 is 0 Å². The monoisotopic (exact) mass is 265 g/mol. The van der Waals surface area contributed by atoms with Gasteiger partial charge in [0.15, 0.2) is 11.5 Å². The number of rotatable bonds is 1. The smallest absolute Gasteiger partial charge is 0.161 e. The zero-order chi connectivity index (χ0) is 12.4. The Morgan fingerprint density at radius 2 is 2.06 bits per heavy atom. The molecule has 0 aliphatic carbocycles. The Kier molecular flexibility index (Phi) is 3.66. The van der Waals surface area contributed by atoms with Gasteiger partial charge < -0.3 is 14.8 Å². The third-order valence-electron chi connectivity index (χ3n) is 3.32. The van der Waals surface area contributed by atoms with Crippen LogP contribution >= 0.6 is 11.8 Å². The molecule has 98 valence electrons. The molecule has 0 bridgehead atoms. The molecule has 0 aromatic heterocycles. The van der Waals surface area contributed by atoms with Crippen molar-refractivity contribution in [1.29, 1.82) is 0 Å². The molecule has 0 radical (unpaired) electrons. The lowest BCUT2D eigenvalue weighted by Crippen LogP contribution is -2.28.